The molecule has 1 aromatic carbocycles. The van der Waals surface area contributed by atoms with Crippen LogP contribution in [-0.2, 0) is 11.2 Å². The van der Waals surface area contributed by atoms with Crippen LogP contribution in [0.4, 0.5) is 5.69 Å². The first-order valence-corrected chi connectivity index (χ1v) is 8.60. The summed E-state index contributed by atoms with van der Waals surface area (Å²) in [4.78, 5) is 28.9. The first-order valence-electron chi connectivity index (χ1n) is 7.81. The lowest BCUT2D eigenvalue weighted by molar-refractivity contribution is -0.385. The van der Waals surface area contributed by atoms with Gasteiger partial charge in [-0.1, -0.05) is 18.2 Å². The number of hydrogen-bond acceptors (Lipinski definition) is 5. The number of carbonyl (C=O) groups excluding carboxylic acids is 1. The summed E-state index contributed by atoms with van der Waals surface area (Å²) >= 11 is 3.32. The standard InChI is InChI=1S/C17H16BrN3O4/c18-13-5-6-16(19-10-13)25-14-7-8-20(11-14)17(22)9-12-3-1-2-4-15(12)21(23)24/h1-6,10,14H,7-9,11H2. The summed E-state index contributed by atoms with van der Waals surface area (Å²) in [6.45, 7) is 1.03. The van der Waals surface area contributed by atoms with Crippen LogP contribution in [0.2, 0.25) is 0 Å². The van der Waals surface area contributed by atoms with Gasteiger partial charge in [-0.3, -0.25) is 14.9 Å². The van der Waals surface area contributed by atoms with E-state index in [1.807, 2.05) is 6.07 Å². The van der Waals surface area contributed by atoms with Crippen molar-refractivity contribution >= 4 is 27.5 Å². The fraction of sp³-hybridized carbons (Fsp3) is 0.294. The molecule has 3 rings (SSSR count). The Hall–Kier alpha value is -2.48. The van der Waals surface area contributed by atoms with Crippen molar-refractivity contribution in [2.24, 2.45) is 0 Å². The van der Waals surface area contributed by atoms with Crippen molar-refractivity contribution in [3.8, 4) is 5.88 Å². The lowest BCUT2D eigenvalue weighted by atomic mass is 10.1. The molecule has 0 spiro atoms. The van der Waals surface area contributed by atoms with Crippen LogP contribution < -0.4 is 4.74 Å². The lowest BCUT2D eigenvalue weighted by Gasteiger charge is -2.17. The molecular formula is C17H16BrN3O4. The quantitative estimate of drug-likeness (QED) is 0.563. The normalized spacial score (nSPS) is 16.7. The molecule has 1 amide bonds. The van der Waals surface area contributed by atoms with Crippen molar-refractivity contribution in [3.05, 3.63) is 62.7 Å². The van der Waals surface area contributed by atoms with Gasteiger partial charge in [0.05, 0.1) is 17.9 Å². The maximum absolute atomic E-state index is 12.5. The number of hydrogen-bond donors (Lipinski definition) is 0. The minimum Gasteiger partial charge on any atom is -0.472 e. The second-order valence-corrected chi connectivity index (χ2v) is 6.66. The zero-order valence-electron chi connectivity index (χ0n) is 13.3. The van der Waals surface area contributed by atoms with Crippen LogP contribution >= 0.6 is 15.9 Å². The maximum Gasteiger partial charge on any atom is 0.273 e. The van der Waals surface area contributed by atoms with Gasteiger partial charge in [-0.05, 0) is 22.0 Å². The van der Waals surface area contributed by atoms with Gasteiger partial charge in [0.2, 0.25) is 11.8 Å². The summed E-state index contributed by atoms with van der Waals surface area (Å²) in [5.41, 5.74) is 0.401. The fourth-order valence-electron chi connectivity index (χ4n) is 2.77. The highest BCUT2D eigenvalue weighted by atomic mass is 79.9. The molecule has 1 aromatic heterocycles. The van der Waals surface area contributed by atoms with Crippen LogP contribution in [-0.4, -0.2) is 39.9 Å². The van der Waals surface area contributed by atoms with Crippen LogP contribution in [0, 0.1) is 10.1 Å². The minimum atomic E-state index is -0.461. The van der Waals surface area contributed by atoms with Gasteiger partial charge in [-0.15, -0.1) is 0 Å². The topological polar surface area (TPSA) is 85.6 Å². The van der Waals surface area contributed by atoms with Gasteiger partial charge >= 0.3 is 0 Å². The van der Waals surface area contributed by atoms with Crippen LogP contribution in [0.5, 0.6) is 5.88 Å². The average molecular weight is 406 g/mol. The van der Waals surface area contributed by atoms with Crippen molar-refractivity contribution in [1.29, 1.82) is 0 Å². The highest BCUT2D eigenvalue weighted by Crippen LogP contribution is 2.22. The zero-order chi connectivity index (χ0) is 17.8. The van der Waals surface area contributed by atoms with E-state index in [0.717, 1.165) is 4.47 Å². The van der Waals surface area contributed by atoms with Crippen LogP contribution in [0.1, 0.15) is 12.0 Å². The van der Waals surface area contributed by atoms with Crippen LogP contribution in [0.25, 0.3) is 0 Å². The molecule has 130 valence electrons. The van der Waals surface area contributed by atoms with E-state index in [0.29, 0.717) is 31.0 Å². The molecule has 2 heterocycles. The summed E-state index contributed by atoms with van der Waals surface area (Å²) in [5, 5.41) is 11.1. The van der Waals surface area contributed by atoms with Crippen molar-refractivity contribution < 1.29 is 14.5 Å². The monoisotopic (exact) mass is 405 g/mol. The molecule has 0 aliphatic carbocycles. The van der Waals surface area contributed by atoms with E-state index in [1.54, 1.807) is 35.4 Å². The van der Waals surface area contributed by atoms with Crippen LogP contribution in [0.3, 0.4) is 0 Å². The van der Waals surface area contributed by atoms with Gasteiger partial charge in [-0.25, -0.2) is 4.98 Å². The average Bonchev–Trinajstić information content (AvgIpc) is 3.06. The number of rotatable bonds is 5. The highest BCUT2D eigenvalue weighted by molar-refractivity contribution is 9.10. The molecule has 0 N–H and O–H groups in total. The van der Waals surface area contributed by atoms with E-state index in [9.17, 15) is 14.9 Å². The molecule has 0 radical (unpaired) electrons. The number of amides is 1. The number of ether oxygens (including phenoxy) is 1. The Morgan fingerprint density at radius 2 is 2.16 bits per heavy atom. The van der Waals surface area contributed by atoms with E-state index in [2.05, 4.69) is 20.9 Å². The Morgan fingerprint density at radius 1 is 1.36 bits per heavy atom. The van der Waals surface area contributed by atoms with Gasteiger partial charge in [0.1, 0.15) is 6.10 Å². The summed E-state index contributed by atoms with van der Waals surface area (Å²) in [5.74, 6) is 0.380. The fourth-order valence-corrected chi connectivity index (χ4v) is 3.00. The number of pyridine rings is 1. The second-order valence-electron chi connectivity index (χ2n) is 5.75. The zero-order valence-corrected chi connectivity index (χ0v) is 14.9. The number of para-hydroxylation sites is 1. The molecule has 8 heteroatoms. The lowest BCUT2D eigenvalue weighted by Crippen LogP contribution is -2.32. The maximum atomic E-state index is 12.5. The largest absolute Gasteiger partial charge is 0.472 e. The molecule has 1 aliphatic heterocycles. The number of benzene rings is 1. The van der Waals surface area contributed by atoms with E-state index in [1.165, 1.54) is 6.07 Å². The van der Waals surface area contributed by atoms with Crippen molar-refractivity contribution in [2.45, 2.75) is 18.9 Å². The van der Waals surface area contributed by atoms with Gasteiger partial charge in [-0.2, -0.15) is 0 Å². The van der Waals surface area contributed by atoms with E-state index < -0.39 is 4.92 Å². The van der Waals surface area contributed by atoms with Gasteiger partial charge in [0, 0.05) is 41.3 Å². The molecule has 25 heavy (non-hydrogen) atoms. The number of nitro groups is 1. The third kappa shape index (κ3) is 4.33. The predicted octanol–water partition coefficient (Wildman–Crippen LogP) is 2.97. The molecule has 1 saturated heterocycles. The van der Waals surface area contributed by atoms with Crippen LogP contribution in [0.15, 0.2) is 47.1 Å². The second kappa shape index (κ2) is 7.60. The van der Waals surface area contributed by atoms with Crippen molar-refractivity contribution in [1.82, 2.24) is 9.88 Å². The van der Waals surface area contributed by atoms with Gasteiger partial charge in [0.25, 0.3) is 5.69 Å². The number of likely N-dealkylation sites (tertiary alicyclic amines) is 1. The molecule has 1 aliphatic rings. The minimum absolute atomic E-state index is 0.0143. The highest BCUT2D eigenvalue weighted by Gasteiger charge is 2.29. The molecule has 2 aromatic rings. The molecule has 7 nitrogen and oxygen atoms in total. The number of halogens is 1. The number of aromatic nitrogens is 1. The third-order valence-corrected chi connectivity index (χ3v) is 4.48. The molecule has 1 unspecified atom stereocenters. The molecule has 0 saturated carbocycles. The van der Waals surface area contributed by atoms with Crippen molar-refractivity contribution in [3.63, 3.8) is 0 Å². The number of nitrogens with zero attached hydrogens (tertiary/aromatic N) is 3. The molecule has 1 fully saturated rings. The Kier molecular flexibility index (Phi) is 5.28. The van der Waals surface area contributed by atoms with Crippen molar-refractivity contribution in [2.75, 3.05) is 13.1 Å². The Labute approximate surface area is 152 Å². The van der Waals surface area contributed by atoms with E-state index >= 15 is 0 Å². The van der Waals surface area contributed by atoms with Gasteiger partial charge in [0.15, 0.2) is 0 Å². The molecule has 0 bridgehead atoms. The predicted molar refractivity (Wildman–Crippen MR) is 94.4 cm³/mol. The Bertz CT molecular complexity index is 782. The van der Waals surface area contributed by atoms with E-state index in [-0.39, 0.29) is 24.1 Å². The summed E-state index contributed by atoms with van der Waals surface area (Å²) in [7, 11) is 0. The number of nitro benzene ring substituents is 1. The van der Waals surface area contributed by atoms with E-state index in [4.69, 9.17) is 4.74 Å². The first kappa shape index (κ1) is 17.3. The molecular weight excluding hydrogens is 390 g/mol. The Morgan fingerprint density at radius 3 is 2.88 bits per heavy atom. The van der Waals surface area contributed by atoms with Gasteiger partial charge < -0.3 is 9.64 Å². The third-order valence-electron chi connectivity index (χ3n) is 4.02. The first-order chi connectivity index (χ1) is 12.0. The molecule has 1 atom stereocenters. The smallest absolute Gasteiger partial charge is 0.273 e. The summed E-state index contributed by atoms with van der Waals surface area (Å²) < 4.78 is 6.66. The summed E-state index contributed by atoms with van der Waals surface area (Å²) in [6.07, 6.45) is 2.26. The summed E-state index contributed by atoms with van der Waals surface area (Å²) in [6, 6.07) is 9.93. The Balaban J connectivity index is 1.59. The number of carbonyl (C=O) groups is 1. The SMILES string of the molecule is O=C(Cc1ccccc1[N+](=O)[O-])N1CCC(Oc2ccc(Br)cn2)C1.